The highest BCUT2D eigenvalue weighted by Crippen LogP contribution is 2.19. The molecule has 0 spiro atoms. The predicted molar refractivity (Wildman–Crippen MR) is 97.5 cm³/mol. The van der Waals surface area contributed by atoms with Gasteiger partial charge in [0.15, 0.2) is 0 Å². The van der Waals surface area contributed by atoms with E-state index in [-0.39, 0.29) is 17.5 Å². The van der Waals surface area contributed by atoms with Crippen LogP contribution in [0.15, 0.2) is 66.9 Å². The van der Waals surface area contributed by atoms with E-state index in [1.165, 1.54) is 19.4 Å². The zero-order valence-corrected chi connectivity index (χ0v) is 14.0. The first kappa shape index (κ1) is 17.1. The first-order valence-corrected chi connectivity index (χ1v) is 7.81. The number of amides is 1. The third kappa shape index (κ3) is 4.02. The molecule has 0 aliphatic heterocycles. The molecule has 1 aromatic heterocycles. The van der Waals surface area contributed by atoms with E-state index < -0.39 is 5.97 Å². The molecular formula is C19H16N4O3. The highest BCUT2D eigenvalue weighted by molar-refractivity contribution is 6.03. The van der Waals surface area contributed by atoms with Gasteiger partial charge in [0, 0.05) is 11.9 Å². The minimum Gasteiger partial charge on any atom is -0.465 e. The lowest BCUT2D eigenvalue weighted by molar-refractivity contribution is 0.0601. The fraction of sp³-hybridized carbons (Fsp3) is 0.0526. The lowest BCUT2D eigenvalue weighted by Crippen LogP contribution is -2.15. The van der Waals surface area contributed by atoms with Crippen LogP contribution in [-0.2, 0) is 4.74 Å². The summed E-state index contributed by atoms with van der Waals surface area (Å²) in [7, 11) is 1.31. The summed E-state index contributed by atoms with van der Waals surface area (Å²) in [6.07, 6.45) is 1.47. The van der Waals surface area contributed by atoms with Gasteiger partial charge < -0.3 is 15.4 Å². The lowest BCUT2D eigenvalue weighted by Gasteiger charge is -2.10. The average Bonchev–Trinajstić information content (AvgIpc) is 2.69. The largest absolute Gasteiger partial charge is 0.465 e. The van der Waals surface area contributed by atoms with E-state index >= 15 is 0 Å². The van der Waals surface area contributed by atoms with Crippen LogP contribution in [0, 0.1) is 0 Å². The van der Waals surface area contributed by atoms with Gasteiger partial charge in [0.2, 0.25) is 5.95 Å². The maximum absolute atomic E-state index is 12.3. The number of hydrogen-bond donors (Lipinski definition) is 2. The Morgan fingerprint density at radius 1 is 0.962 bits per heavy atom. The number of methoxy groups -OCH3 is 1. The molecule has 1 amide bonds. The summed E-state index contributed by atoms with van der Waals surface area (Å²) >= 11 is 0. The Bertz CT molecular complexity index is 929. The fourth-order valence-corrected chi connectivity index (χ4v) is 2.26. The third-order valence-electron chi connectivity index (χ3n) is 3.50. The molecule has 3 aromatic rings. The molecule has 0 unspecified atom stereocenters. The normalized spacial score (nSPS) is 10.0. The van der Waals surface area contributed by atoms with E-state index in [4.69, 9.17) is 4.74 Å². The number of rotatable bonds is 5. The summed E-state index contributed by atoms with van der Waals surface area (Å²) in [6.45, 7) is 0. The molecule has 130 valence electrons. The van der Waals surface area contributed by atoms with Crippen LogP contribution in [0.25, 0.3) is 0 Å². The zero-order chi connectivity index (χ0) is 18.4. The molecule has 0 aliphatic carbocycles. The molecule has 0 radical (unpaired) electrons. The van der Waals surface area contributed by atoms with Crippen LogP contribution in [0.2, 0.25) is 0 Å². The molecule has 2 aromatic carbocycles. The van der Waals surface area contributed by atoms with E-state index in [1.54, 1.807) is 36.4 Å². The van der Waals surface area contributed by atoms with Gasteiger partial charge in [-0.15, -0.1) is 0 Å². The molecule has 0 saturated carbocycles. The number of nitrogens with one attached hydrogen (secondary N) is 2. The van der Waals surface area contributed by atoms with E-state index in [0.29, 0.717) is 16.9 Å². The predicted octanol–water partition coefficient (Wildman–Crippen LogP) is 3.26. The second-order valence-electron chi connectivity index (χ2n) is 5.25. The SMILES string of the molecule is COC(=O)c1ccccc1Nc1nccc(C(=O)Nc2ccccc2)n1. The maximum atomic E-state index is 12.3. The van der Waals surface area contributed by atoms with Gasteiger partial charge in [0.05, 0.1) is 18.4 Å². The summed E-state index contributed by atoms with van der Waals surface area (Å²) in [5, 5.41) is 5.70. The number of nitrogens with zero attached hydrogens (tertiary/aromatic N) is 2. The van der Waals surface area contributed by atoms with E-state index in [0.717, 1.165) is 0 Å². The number of aromatic nitrogens is 2. The molecule has 0 bridgehead atoms. The number of carbonyl (C=O) groups excluding carboxylic acids is 2. The number of esters is 1. The molecule has 3 rings (SSSR count). The standard InChI is InChI=1S/C19H16N4O3/c1-26-18(25)14-9-5-6-10-15(14)22-19-20-12-11-16(23-19)17(24)21-13-7-3-2-4-8-13/h2-12H,1H3,(H,21,24)(H,20,22,23). The van der Waals surface area contributed by atoms with Crippen molar-refractivity contribution < 1.29 is 14.3 Å². The Kier molecular flexibility index (Phi) is 5.19. The van der Waals surface area contributed by atoms with Crippen molar-refractivity contribution in [2.24, 2.45) is 0 Å². The topological polar surface area (TPSA) is 93.2 Å². The van der Waals surface area contributed by atoms with Gasteiger partial charge >= 0.3 is 5.97 Å². The van der Waals surface area contributed by atoms with Gasteiger partial charge in [-0.3, -0.25) is 4.79 Å². The van der Waals surface area contributed by atoms with Crippen molar-refractivity contribution in [3.8, 4) is 0 Å². The molecule has 26 heavy (non-hydrogen) atoms. The van der Waals surface area contributed by atoms with Crippen LogP contribution in [0.1, 0.15) is 20.8 Å². The average molecular weight is 348 g/mol. The van der Waals surface area contributed by atoms with Crippen LogP contribution >= 0.6 is 0 Å². The zero-order valence-electron chi connectivity index (χ0n) is 14.0. The van der Waals surface area contributed by atoms with Crippen LogP contribution in [0.5, 0.6) is 0 Å². The van der Waals surface area contributed by atoms with Crippen molar-refractivity contribution in [3.63, 3.8) is 0 Å². The van der Waals surface area contributed by atoms with Crippen molar-refractivity contribution in [2.75, 3.05) is 17.7 Å². The van der Waals surface area contributed by atoms with Gasteiger partial charge in [-0.25, -0.2) is 14.8 Å². The first-order valence-electron chi connectivity index (χ1n) is 7.81. The highest BCUT2D eigenvalue weighted by Gasteiger charge is 2.13. The van der Waals surface area contributed by atoms with E-state index in [9.17, 15) is 9.59 Å². The second-order valence-corrected chi connectivity index (χ2v) is 5.25. The van der Waals surface area contributed by atoms with Gasteiger partial charge in [0.1, 0.15) is 5.69 Å². The van der Waals surface area contributed by atoms with Crippen LogP contribution in [-0.4, -0.2) is 29.0 Å². The monoisotopic (exact) mass is 348 g/mol. The minimum atomic E-state index is -0.480. The Morgan fingerprint density at radius 2 is 1.69 bits per heavy atom. The smallest absolute Gasteiger partial charge is 0.339 e. The second kappa shape index (κ2) is 7.89. The third-order valence-corrected chi connectivity index (χ3v) is 3.50. The molecule has 0 fully saturated rings. The van der Waals surface area contributed by atoms with Gasteiger partial charge in [0.25, 0.3) is 5.91 Å². The number of hydrogen-bond acceptors (Lipinski definition) is 6. The van der Waals surface area contributed by atoms with Crippen LogP contribution in [0.4, 0.5) is 17.3 Å². The van der Waals surface area contributed by atoms with Gasteiger partial charge in [-0.05, 0) is 30.3 Å². The molecule has 7 heteroatoms. The Hall–Kier alpha value is -3.74. The molecule has 1 heterocycles. The molecule has 0 aliphatic rings. The minimum absolute atomic E-state index is 0.196. The van der Waals surface area contributed by atoms with Crippen molar-refractivity contribution in [2.45, 2.75) is 0 Å². The Labute approximate surface area is 150 Å². The molecule has 0 saturated heterocycles. The molecule has 2 N–H and O–H groups in total. The summed E-state index contributed by atoms with van der Waals surface area (Å²) in [4.78, 5) is 32.5. The molecule has 7 nitrogen and oxygen atoms in total. The number of para-hydroxylation sites is 2. The summed E-state index contributed by atoms with van der Waals surface area (Å²) in [5.41, 5.74) is 1.70. The maximum Gasteiger partial charge on any atom is 0.339 e. The van der Waals surface area contributed by atoms with E-state index in [1.807, 2.05) is 18.2 Å². The van der Waals surface area contributed by atoms with Crippen molar-refractivity contribution in [3.05, 3.63) is 78.1 Å². The Balaban J connectivity index is 1.80. The van der Waals surface area contributed by atoms with Crippen molar-refractivity contribution in [1.82, 2.24) is 9.97 Å². The van der Waals surface area contributed by atoms with Crippen LogP contribution < -0.4 is 10.6 Å². The van der Waals surface area contributed by atoms with E-state index in [2.05, 4.69) is 20.6 Å². The molecular weight excluding hydrogens is 332 g/mol. The number of ether oxygens (including phenoxy) is 1. The number of benzene rings is 2. The number of anilines is 3. The van der Waals surface area contributed by atoms with Crippen LogP contribution in [0.3, 0.4) is 0 Å². The Morgan fingerprint density at radius 3 is 2.46 bits per heavy atom. The summed E-state index contributed by atoms with van der Waals surface area (Å²) in [5.74, 6) is -0.643. The van der Waals surface area contributed by atoms with Gasteiger partial charge in [-0.1, -0.05) is 30.3 Å². The number of carbonyl (C=O) groups is 2. The summed E-state index contributed by atoms with van der Waals surface area (Å²) < 4.78 is 4.76. The highest BCUT2D eigenvalue weighted by atomic mass is 16.5. The van der Waals surface area contributed by atoms with Crippen molar-refractivity contribution in [1.29, 1.82) is 0 Å². The first-order chi connectivity index (χ1) is 12.7. The fourth-order valence-electron chi connectivity index (χ4n) is 2.26. The lowest BCUT2D eigenvalue weighted by atomic mass is 10.2. The summed E-state index contributed by atoms with van der Waals surface area (Å²) in [6, 6.07) is 17.4. The quantitative estimate of drug-likeness (QED) is 0.688. The van der Waals surface area contributed by atoms with Crippen molar-refractivity contribution >= 4 is 29.2 Å². The van der Waals surface area contributed by atoms with Gasteiger partial charge in [-0.2, -0.15) is 0 Å². The molecule has 0 atom stereocenters.